The van der Waals surface area contributed by atoms with Crippen molar-refractivity contribution in [1.29, 1.82) is 0 Å². The van der Waals surface area contributed by atoms with Crippen molar-refractivity contribution in [2.45, 2.75) is 25.3 Å². The molecule has 1 aliphatic rings. The van der Waals surface area contributed by atoms with Crippen molar-refractivity contribution in [3.8, 4) is 0 Å². The zero-order valence-corrected chi connectivity index (χ0v) is 13.5. The molecule has 1 aliphatic carbocycles. The van der Waals surface area contributed by atoms with Gasteiger partial charge >= 0.3 is 0 Å². The van der Waals surface area contributed by atoms with Crippen LogP contribution < -0.4 is 5.64 Å². The van der Waals surface area contributed by atoms with Crippen molar-refractivity contribution >= 4 is 58.3 Å². The first kappa shape index (κ1) is 14.3. The van der Waals surface area contributed by atoms with Gasteiger partial charge in [0.05, 0.1) is 5.39 Å². The molecule has 20 heavy (non-hydrogen) atoms. The van der Waals surface area contributed by atoms with Gasteiger partial charge in [-0.15, -0.1) is 0 Å². The van der Waals surface area contributed by atoms with Crippen LogP contribution in [0.1, 0.15) is 25.3 Å². The maximum absolute atomic E-state index is 11.3. The number of halogens is 2. The van der Waals surface area contributed by atoms with Crippen molar-refractivity contribution in [2.24, 2.45) is 11.6 Å². The van der Waals surface area contributed by atoms with Gasteiger partial charge in [0.15, 0.2) is 0 Å². The molecule has 1 saturated carbocycles. The molecular formula is C12H12BClIN4O. The van der Waals surface area contributed by atoms with Gasteiger partial charge in [0.1, 0.15) is 22.8 Å². The molecule has 8 heteroatoms. The number of fused-ring (bicyclic) bond motifs is 1. The third kappa shape index (κ3) is 2.46. The van der Waals surface area contributed by atoms with E-state index in [9.17, 15) is 4.79 Å². The van der Waals surface area contributed by atoms with Gasteiger partial charge in [0.2, 0.25) is 0 Å². The molecule has 1 radical (unpaired) electrons. The fourth-order valence-electron chi connectivity index (χ4n) is 2.73. The highest BCUT2D eigenvalue weighted by Gasteiger charge is 2.33. The highest BCUT2D eigenvalue weighted by molar-refractivity contribution is 14.1. The second-order valence-corrected chi connectivity index (χ2v) is 6.60. The number of carbonyl (C=O) groups is 1. The molecule has 0 bridgehead atoms. The van der Waals surface area contributed by atoms with Gasteiger partial charge in [-0.25, -0.2) is 9.97 Å². The highest BCUT2D eigenvalue weighted by atomic mass is 127. The van der Waals surface area contributed by atoms with Crippen molar-refractivity contribution in [3.05, 3.63) is 21.2 Å². The normalized spacial score (nSPS) is 21.8. The smallest absolute Gasteiger partial charge is 0.292 e. The van der Waals surface area contributed by atoms with Gasteiger partial charge in [-0.05, 0) is 41.4 Å². The third-order valence-electron chi connectivity index (χ3n) is 3.80. The summed E-state index contributed by atoms with van der Waals surface area (Å²) in [6.07, 6.45) is 6.03. The molecule has 3 rings (SSSR count). The quantitative estimate of drug-likeness (QED) is 0.484. The lowest BCUT2D eigenvalue weighted by Crippen LogP contribution is -2.31. The van der Waals surface area contributed by atoms with Crippen molar-refractivity contribution in [1.82, 2.24) is 14.5 Å². The van der Waals surface area contributed by atoms with Gasteiger partial charge in [-0.3, -0.25) is 0 Å². The van der Waals surface area contributed by atoms with E-state index in [1.807, 2.05) is 0 Å². The van der Waals surface area contributed by atoms with E-state index in [1.54, 1.807) is 0 Å². The van der Waals surface area contributed by atoms with Crippen molar-refractivity contribution in [2.75, 3.05) is 0 Å². The monoisotopic (exact) mass is 401 g/mol. The van der Waals surface area contributed by atoms with Crippen LogP contribution in [0.4, 0.5) is 0 Å². The van der Waals surface area contributed by atoms with E-state index >= 15 is 0 Å². The maximum Gasteiger partial charge on any atom is 0.292 e. The molecular weight excluding hydrogens is 389 g/mol. The largest absolute Gasteiger partial charge is 0.368 e. The van der Waals surface area contributed by atoms with E-state index < -0.39 is 0 Å². The molecule has 1 fully saturated rings. The van der Waals surface area contributed by atoms with E-state index in [0.717, 1.165) is 34.9 Å². The van der Waals surface area contributed by atoms with E-state index in [-0.39, 0.29) is 5.68 Å². The van der Waals surface area contributed by atoms with Crippen molar-refractivity contribution < 1.29 is 4.79 Å². The highest BCUT2D eigenvalue weighted by Crippen LogP contribution is 2.42. The SMILES string of the molecule is N[B]C(=O)CC1CC(n2cc(I)c3c(Cl)ncnc32)C1. The molecule has 0 spiro atoms. The third-order valence-corrected chi connectivity index (χ3v) is 4.90. The molecule has 0 atom stereocenters. The Kier molecular flexibility index (Phi) is 4.01. The number of nitrogens with zero attached hydrogens (tertiary/aromatic N) is 3. The molecule has 2 aromatic rings. The number of aromatic nitrogens is 3. The Bertz CT molecular complexity index is 671. The van der Waals surface area contributed by atoms with Crippen LogP contribution >= 0.6 is 34.2 Å². The van der Waals surface area contributed by atoms with Crippen LogP contribution in [0.5, 0.6) is 0 Å². The zero-order valence-electron chi connectivity index (χ0n) is 10.6. The van der Waals surface area contributed by atoms with Crippen LogP contribution in [0.15, 0.2) is 12.5 Å². The molecule has 0 amide bonds. The Balaban J connectivity index is 1.80. The lowest BCUT2D eigenvalue weighted by atomic mass is 9.72. The van der Waals surface area contributed by atoms with Crippen LogP contribution in [-0.2, 0) is 4.79 Å². The topological polar surface area (TPSA) is 73.8 Å². The molecule has 5 nitrogen and oxygen atoms in total. The predicted molar refractivity (Wildman–Crippen MR) is 86.6 cm³/mol. The lowest BCUT2D eigenvalue weighted by molar-refractivity contribution is -0.113. The van der Waals surface area contributed by atoms with E-state index in [2.05, 4.69) is 43.3 Å². The summed E-state index contributed by atoms with van der Waals surface area (Å²) < 4.78 is 3.20. The predicted octanol–water partition coefficient (Wildman–Crippen LogP) is 2.13. The van der Waals surface area contributed by atoms with Crippen LogP contribution in [0.25, 0.3) is 11.0 Å². The number of rotatable bonds is 4. The summed E-state index contributed by atoms with van der Waals surface area (Å²) in [5.41, 5.74) is 6.12. The summed E-state index contributed by atoms with van der Waals surface area (Å²) in [5.74, 6) is 0.416. The lowest BCUT2D eigenvalue weighted by Gasteiger charge is -2.36. The van der Waals surface area contributed by atoms with Crippen LogP contribution in [0.3, 0.4) is 0 Å². The molecule has 2 N–H and O–H groups in total. The van der Waals surface area contributed by atoms with E-state index in [1.165, 1.54) is 6.33 Å². The number of nitrogens with two attached hydrogens (primary N) is 1. The van der Waals surface area contributed by atoms with Gasteiger partial charge in [0, 0.05) is 22.2 Å². The standard InChI is InChI=1S/C12H12BClIN4O/c14-11-10-8(15)4-19(12(10)18-5-17-11)7-1-6(2-7)3-9(20)13-16/h4-7H,1-3,16H2. The zero-order chi connectivity index (χ0) is 14.3. The first-order valence-electron chi connectivity index (χ1n) is 6.34. The molecule has 0 saturated heterocycles. The summed E-state index contributed by atoms with van der Waals surface area (Å²) >= 11 is 8.37. The Labute approximate surface area is 135 Å². The Hall–Kier alpha value is -0.665. The fraction of sp³-hybridized carbons (Fsp3) is 0.417. The van der Waals surface area contributed by atoms with Gasteiger partial charge in [-0.2, -0.15) is 0 Å². The Morgan fingerprint density at radius 2 is 2.30 bits per heavy atom. The molecule has 0 aliphatic heterocycles. The number of hydrogen-bond acceptors (Lipinski definition) is 4. The van der Waals surface area contributed by atoms with E-state index in [0.29, 0.717) is 23.5 Å². The Morgan fingerprint density at radius 1 is 1.55 bits per heavy atom. The summed E-state index contributed by atoms with van der Waals surface area (Å²) in [6, 6.07) is 0.377. The number of hydrogen-bond donors (Lipinski definition) is 1. The van der Waals surface area contributed by atoms with Crippen LogP contribution in [-0.4, -0.2) is 27.6 Å². The second-order valence-electron chi connectivity index (χ2n) is 5.08. The first-order chi connectivity index (χ1) is 9.60. The molecule has 0 aromatic carbocycles. The minimum Gasteiger partial charge on any atom is -0.368 e. The number of carbonyl (C=O) groups excluding carboxylic acids is 1. The minimum atomic E-state index is 0.0192. The van der Waals surface area contributed by atoms with E-state index in [4.69, 9.17) is 17.2 Å². The summed E-state index contributed by atoms with van der Waals surface area (Å²) in [4.78, 5) is 19.7. The summed E-state index contributed by atoms with van der Waals surface area (Å²) in [6.45, 7) is 0. The Morgan fingerprint density at radius 3 is 3.00 bits per heavy atom. The maximum atomic E-state index is 11.3. The average molecular weight is 401 g/mol. The average Bonchev–Trinajstić information content (AvgIpc) is 2.71. The van der Waals surface area contributed by atoms with Gasteiger partial charge in [0.25, 0.3) is 7.41 Å². The van der Waals surface area contributed by atoms with Crippen molar-refractivity contribution in [3.63, 3.8) is 0 Å². The molecule has 2 heterocycles. The van der Waals surface area contributed by atoms with Crippen LogP contribution in [0.2, 0.25) is 5.15 Å². The first-order valence-corrected chi connectivity index (χ1v) is 7.80. The van der Waals surface area contributed by atoms with Gasteiger partial charge in [-0.1, -0.05) is 11.6 Å². The minimum absolute atomic E-state index is 0.0192. The fourth-order valence-corrected chi connectivity index (χ4v) is 3.92. The van der Waals surface area contributed by atoms with Gasteiger partial charge < -0.3 is 15.0 Å². The molecule has 2 aromatic heterocycles. The molecule has 0 unspecified atom stereocenters. The molecule has 103 valence electrons. The second kappa shape index (κ2) is 5.61. The summed E-state index contributed by atoms with van der Waals surface area (Å²) in [7, 11) is 1.16. The van der Waals surface area contributed by atoms with Crippen LogP contribution in [0, 0.1) is 9.49 Å². The summed E-state index contributed by atoms with van der Waals surface area (Å²) in [5, 5.41) is 1.39.